The molecule has 0 N–H and O–H groups in total. The number of methoxy groups -OCH3 is 1. The highest BCUT2D eigenvalue weighted by Crippen LogP contribution is 2.21. The van der Waals surface area contributed by atoms with Crippen molar-refractivity contribution in [2.75, 3.05) is 13.7 Å². The van der Waals surface area contributed by atoms with E-state index in [1.54, 1.807) is 29.0 Å². The summed E-state index contributed by atoms with van der Waals surface area (Å²) in [6, 6.07) is 4.88. The molecule has 0 saturated carbocycles. The van der Waals surface area contributed by atoms with Crippen molar-refractivity contribution in [3.63, 3.8) is 0 Å². The third-order valence-electron chi connectivity index (χ3n) is 4.82. The van der Waals surface area contributed by atoms with Crippen molar-refractivity contribution in [2.24, 2.45) is 0 Å². The molecule has 0 unspecified atom stereocenters. The topological polar surface area (TPSA) is 88.2 Å². The number of esters is 1. The summed E-state index contributed by atoms with van der Waals surface area (Å²) in [5, 5.41) is 0. The van der Waals surface area contributed by atoms with Gasteiger partial charge in [0.1, 0.15) is 11.3 Å². The average Bonchev–Trinajstić information content (AvgIpc) is 2.98. The summed E-state index contributed by atoms with van der Waals surface area (Å²) >= 11 is 3.38. The molecule has 4 rings (SSSR count). The predicted octanol–water partition coefficient (Wildman–Crippen LogP) is 2.29. The number of carbonyl (C=O) groups is 1. The van der Waals surface area contributed by atoms with Crippen LogP contribution in [0.15, 0.2) is 33.7 Å². The molecule has 3 aromatic rings. The molecule has 1 saturated heterocycles. The molecule has 9 heteroatoms. The van der Waals surface area contributed by atoms with Gasteiger partial charge in [-0.15, -0.1) is 0 Å². The SMILES string of the molecule is COC(=O)c1ccc2nc(Cn3cc(C)c(Br)cc3=O)n(C[C@@H]3CCO3)c2n1. The molecule has 0 bridgehead atoms. The van der Waals surface area contributed by atoms with Gasteiger partial charge in [0.25, 0.3) is 5.56 Å². The smallest absolute Gasteiger partial charge is 0.356 e. The lowest BCUT2D eigenvalue weighted by atomic mass is 10.2. The van der Waals surface area contributed by atoms with Crippen LogP contribution in [0, 0.1) is 6.92 Å². The van der Waals surface area contributed by atoms with Crippen molar-refractivity contribution in [3.8, 4) is 0 Å². The summed E-state index contributed by atoms with van der Waals surface area (Å²) < 4.78 is 14.7. The maximum absolute atomic E-state index is 12.4. The third kappa shape index (κ3) is 3.47. The first-order chi connectivity index (χ1) is 13.5. The molecule has 1 aliphatic rings. The predicted molar refractivity (Wildman–Crippen MR) is 105 cm³/mol. The number of aryl methyl sites for hydroxylation is 1. The number of imidazole rings is 1. The van der Waals surface area contributed by atoms with E-state index >= 15 is 0 Å². The number of fused-ring (bicyclic) bond motifs is 1. The van der Waals surface area contributed by atoms with E-state index < -0.39 is 5.97 Å². The van der Waals surface area contributed by atoms with E-state index in [1.807, 2.05) is 11.5 Å². The molecule has 28 heavy (non-hydrogen) atoms. The standard InChI is InChI=1S/C19H19BrN4O4/c1-11-8-23(17(25)7-13(11)20)10-16-21-14-3-4-15(19(26)27-2)22-18(14)24(16)9-12-5-6-28-12/h3-4,7-8,12H,5-6,9-10H2,1-2H3/t12-/m0/s1. The van der Waals surface area contributed by atoms with Crippen LogP contribution in [0.25, 0.3) is 11.2 Å². The summed E-state index contributed by atoms with van der Waals surface area (Å²) in [6.07, 6.45) is 2.82. The van der Waals surface area contributed by atoms with Crippen LogP contribution in [0.5, 0.6) is 0 Å². The highest BCUT2D eigenvalue weighted by Gasteiger charge is 2.23. The number of nitrogens with zero attached hydrogens (tertiary/aromatic N) is 4. The summed E-state index contributed by atoms with van der Waals surface area (Å²) in [5.41, 5.74) is 2.28. The van der Waals surface area contributed by atoms with E-state index in [4.69, 9.17) is 9.47 Å². The first-order valence-electron chi connectivity index (χ1n) is 8.89. The van der Waals surface area contributed by atoms with Crippen LogP contribution in [-0.2, 0) is 22.6 Å². The summed E-state index contributed by atoms with van der Waals surface area (Å²) in [6.45, 7) is 3.52. The number of hydrogen-bond acceptors (Lipinski definition) is 6. The Balaban J connectivity index is 1.80. The monoisotopic (exact) mass is 446 g/mol. The summed E-state index contributed by atoms with van der Waals surface area (Å²) in [7, 11) is 1.32. The molecule has 8 nitrogen and oxygen atoms in total. The van der Waals surface area contributed by atoms with Gasteiger partial charge >= 0.3 is 5.97 Å². The Kier molecular flexibility index (Phi) is 5.03. The van der Waals surface area contributed by atoms with Gasteiger partial charge in [-0.1, -0.05) is 15.9 Å². The highest BCUT2D eigenvalue weighted by molar-refractivity contribution is 9.10. The Hall–Kier alpha value is -2.52. The molecular formula is C19H19BrN4O4. The minimum absolute atomic E-state index is 0.0723. The van der Waals surface area contributed by atoms with E-state index in [0.717, 1.165) is 23.1 Å². The van der Waals surface area contributed by atoms with Crippen LogP contribution >= 0.6 is 15.9 Å². The maximum Gasteiger partial charge on any atom is 0.356 e. The number of hydrogen-bond donors (Lipinski definition) is 0. The normalized spacial score (nSPS) is 16.2. The van der Waals surface area contributed by atoms with Crippen LogP contribution in [0.1, 0.15) is 28.3 Å². The molecule has 0 aromatic carbocycles. The number of pyridine rings is 2. The molecule has 4 heterocycles. The minimum Gasteiger partial charge on any atom is -0.464 e. The number of ether oxygens (including phenoxy) is 2. The van der Waals surface area contributed by atoms with E-state index in [9.17, 15) is 9.59 Å². The number of carbonyl (C=O) groups excluding carboxylic acids is 1. The molecule has 0 radical (unpaired) electrons. The van der Waals surface area contributed by atoms with Gasteiger partial charge < -0.3 is 18.6 Å². The van der Waals surface area contributed by atoms with Crippen molar-refractivity contribution >= 4 is 33.1 Å². The van der Waals surface area contributed by atoms with Crippen molar-refractivity contribution in [1.82, 2.24) is 19.1 Å². The zero-order valence-electron chi connectivity index (χ0n) is 15.5. The Labute approximate surface area is 169 Å². The molecule has 0 amide bonds. The summed E-state index contributed by atoms with van der Waals surface area (Å²) in [5.74, 6) is 0.180. The average molecular weight is 447 g/mol. The Morgan fingerprint density at radius 2 is 2.18 bits per heavy atom. The second kappa shape index (κ2) is 7.48. The minimum atomic E-state index is -0.504. The molecule has 0 spiro atoms. The van der Waals surface area contributed by atoms with Gasteiger partial charge in [-0.25, -0.2) is 14.8 Å². The Bertz CT molecular complexity index is 1120. The van der Waals surface area contributed by atoms with Gasteiger partial charge in [0.15, 0.2) is 11.3 Å². The van der Waals surface area contributed by atoms with Crippen molar-refractivity contribution in [3.05, 3.63) is 56.3 Å². The zero-order chi connectivity index (χ0) is 19.8. The second-order valence-electron chi connectivity index (χ2n) is 6.72. The molecular weight excluding hydrogens is 428 g/mol. The number of rotatable bonds is 5. The van der Waals surface area contributed by atoms with E-state index in [1.165, 1.54) is 7.11 Å². The number of aromatic nitrogens is 4. The van der Waals surface area contributed by atoms with E-state index in [-0.39, 0.29) is 17.4 Å². The molecule has 1 aliphatic heterocycles. The van der Waals surface area contributed by atoms with Gasteiger partial charge in [0.05, 0.1) is 26.3 Å². The van der Waals surface area contributed by atoms with Gasteiger partial charge in [-0.3, -0.25) is 4.79 Å². The fourth-order valence-corrected chi connectivity index (χ4v) is 3.45. The van der Waals surface area contributed by atoms with Crippen LogP contribution in [-0.4, -0.2) is 44.9 Å². The van der Waals surface area contributed by atoms with Gasteiger partial charge in [-0.2, -0.15) is 0 Å². The summed E-state index contributed by atoms with van der Waals surface area (Å²) in [4.78, 5) is 33.4. The fraction of sp³-hybridized carbons (Fsp3) is 0.368. The number of halogens is 1. The van der Waals surface area contributed by atoms with Gasteiger partial charge in [-0.05, 0) is 31.0 Å². The van der Waals surface area contributed by atoms with Gasteiger partial charge in [0, 0.05) is 23.3 Å². The lowest BCUT2D eigenvalue weighted by molar-refractivity contribution is -0.0591. The first kappa shape index (κ1) is 18.8. The Morgan fingerprint density at radius 3 is 2.86 bits per heavy atom. The fourth-order valence-electron chi connectivity index (χ4n) is 3.15. The van der Waals surface area contributed by atoms with Crippen LogP contribution in [0.2, 0.25) is 0 Å². The zero-order valence-corrected chi connectivity index (χ0v) is 17.1. The molecule has 0 aliphatic carbocycles. The van der Waals surface area contributed by atoms with Crippen molar-refractivity contribution in [2.45, 2.75) is 32.5 Å². The lowest BCUT2D eigenvalue weighted by Crippen LogP contribution is -2.32. The van der Waals surface area contributed by atoms with Crippen molar-refractivity contribution in [1.29, 1.82) is 0 Å². The molecule has 1 atom stereocenters. The third-order valence-corrected chi connectivity index (χ3v) is 5.67. The largest absolute Gasteiger partial charge is 0.464 e. The Morgan fingerprint density at radius 1 is 1.39 bits per heavy atom. The quantitative estimate of drug-likeness (QED) is 0.558. The highest BCUT2D eigenvalue weighted by atomic mass is 79.9. The van der Waals surface area contributed by atoms with Crippen LogP contribution in [0.4, 0.5) is 0 Å². The molecule has 3 aromatic heterocycles. The van der Waals surface area contributed by atoms with Crippen molar-refractivity contribution < 1.29 is 14.3 Å². The van der Waals surface area contributed by atoms with E-state index in [0.29, 0.717) is 30.1 Å². The first-order valence-corrected chi connectivity index (χ1v) is 9.68. The second-order valence-corrected chi connectivity index (χ2v) is 7.58. The molecule has 146 valence electrons. The van der Waals surface area contributed by atoms with E-state index in [2.05, 4.69) is 25.9 Å². The maximum atomic E-state index is 12.4. The van der Waals surface area contributed by atoms with Crippen LogP contribution < -0.4 is 5.56 Å². The lowest BCUT2D eigenvalue weighted by Gasteiger charge is -2.27. The van der Waals surface area contributed by atoms with Crippen LogP contribution in [0.3, 0.4) is 0 Å². The molecule has 1 fully saturated rings. The van der Waals surface area contributed by atoms with Gasteiger partial charge in [0.2, 0.25) is 0 Å².